The first-order chi connectivity index (χ1) is 6.27. The fraction of sp³-hybridized carbons (Fsp3) is 0.167. The van der Waals surface area contributed by atoms with E-state index in [2.05, 4.69) is 38.1 Å². The molecule has 0 aliphatic carbocycles. The molecule has 1 heteroatoms. The Morgan fingerprint density at radius 1 is 0.923 bits per heavy atom. The summed E-state index contributed by atoms with van der Waals surface area (Å²) in [5.74, 6) is 0.972. The second-order valence-corrected chi connectivity index (χ2v) is 3.30. The molecular formula is C12H12O. The number of aryl methyl sites for hydroxylation is 2. The monoisotopic (exact) mass is 172 g/mol. The minimum atomic E-state index is 0.972. The Kier molecular flexibility index (Phi) is 1.93. The van der Waals surface area contributed by atoms with E-state index in [0.29, 0.717) is 0 Å². The maximum atomic E-state index is 5.39. The molecule has 0 bridgehead atoms. The molecule has 2 aromatic rings. The first-order valence-electron chi connectivity index (χ1n) is 4.38. The highest BCUT2D eigenvalue weighted by molar-refractivity contribution is 5.61. The average molecular weight is 172 g/mol. The van der Waals surface area contributed by atoms with Crippen LogP contribution in [-0.4, -0.2) is 0 Å². The average Bonchev–Trinajstić information content (AvgIpc) is 2.53. The zero-order chi connectivity index (χ0) is 9.26. The molecule has 0 aliphatic rings. The summed E-state index contributed by atoms with van der Waals surface area (Å²) in [6.45, 7) is 4.14. The van der Waals surface area contributed by atoms with Gasteiger partial charge < -0.3 is 4.42 Å². The Hall–Kier alpha value is -1.50. The van der Waals surface area contributed by atoms with Crippen molar-refractivity contribution in [2.75, 3.05) is 0 Å². The van der Waals surface area contributed by atoms with Gasteiger partial charge in [0.25, 0.3) is 0 Å². The number of hydrogen-bond acceptors (Lipinski definition) is 1. The molecule has 0 aliphatic heterocycles. The van der Waals surface area contributed by atoms with Crippen LogP contribution in [0, 0.1) is 13.8 Å². The lowest BCUT2D eigenvalue weighted by atomic mass is 10.1. The van der Waals surface area contributed by atoms with Gasteiger partial charge in [0, 0.05) is 5.56 Å². The molecule has 1 aromatic heterocycles. The van der Waals surface area contributed by atoms with E-state index in [1.54, 1.807) is 6.26 Å². The van der Waals surface area contributed by atoms with Crippen molar-refractivity contribution in [2.24, 2.45) is 0 Å². The minimum absolute atomic E-state index is 0.972. The van der Waals surface area contributed by atoms with Crippen molar-refractivity contribution >= 4 is 0 Å². The molecule has 0 spiro atoms. The van der Waals surface area contributed by atoms with Crippen LogP contribution in [0.15, 0.2) is 41.0 Å². The quantitative estimate of drug-likeness (QED) is 0.641. The summed E-state index contributed by atoms with van der Waals surface area (Å²) < 4.78 is 5.39. The van der Waals surface area contributed by atoms with Gasteiger partial charge in [-0.25, -0.2) is 0 Å². The van der Waals surface area contributed by atoms with Crippen LogP contribution in [0.25, 0.3) is 11.3 Å². The topological polar surface area (TPSA) is 13.1 Å². The number of benzene rings is 1. The molecule has 66 valence electrons. The summed E-state index contributed by atoms with van der Waals surface area (Å²) >= 11 is 0. The van der Waals surface area contributed by atoms with Crippen molar-refractivity contribution in [1.29, 1.82) is 0 Å². The standard InChI is InChI=1S/C12H12O/c1-9-3-5-11(6-4-9)12-10(2)7-8-13-12/h3-8H,1-2H3. The Balaban J connectivity index is 2.47. The molecule has 2 rings (SSSR count). The van der Waals surface area contributed by atoms with Crippen LogP contribution in [-0.2, 0) is 0 Å². The molecular weight excluding hydrogens is 160 g/mol. The molecule has 0 saturated heterocycles. The molecule has 0 saturated carbocycles. The molecule has 0 unspecified atom stereocenters. The summed E-state index contributed by atoms with van der Waals surface area (Å²) in [5.41, 5.74) is 3.60. The lowest BCUT2D eigenvalue weighted by Gasteiger charge is -1.98. The van der Waals surface area contributed by atoms with Gasteiger partial charge in [-0.15, -0.1) is 0 Å². The summed E-state index contributed by atoms with van der Waals surface area (Å²) in [7, 11) is 0. The number of furan rings is 1. The highest BCUT2D eigenvalue weighted by Gasteiger charge is 2.03. The van der Waals surface area contributed by atoms with Gasteiger partial charge in [0.2, 0.25) is 0 Å². The first-order valence-corrected chi connectivity index (χ1v) is 4.38. The SMILES string of the molecule is Cc1ccc(-c2occc2C)cc1. The van der Waals surface area contributed by atoms with Gasteiger partial charge in [0.15, 0.2) is 0 Å². The van der Waals surface area contributed by atoms with E-state index in [1.165, 1.54) is 11.1 Å². The third-order valence-corrected chi connectivity index (χ3v) is 2.18. The van der Waals surface area contributed by atoms with Gasteiger partial charge in [-0.2, -0.15) is 0 Å². The van der Waals surface area contributed by atoms with Crippen LogP contribution in [0.2, 0.25) is 0 Å². The largest absolute Gasteiger partial charge is 0.464 e. The molecule has 1 heterocycles. The third kappa shape index (κ3) is 1.50. The summed E-state index contributed by atoms with van der Waals surface area (Å²) in [4.78, 5) is 0. The Bertz CT molecular complexity index is 395. The van der Waals surface area contributed by atoms with Crippen molar-refractivity contribution in [2.45, 2.75) is 13.8 Å². The maximum Gasteiger partial charge on any atom is 0.136 e. The van der Waals surface area contributed by atoms with E-state index >= 15 is 0 Å². The minimum Gasteiger partial charge on any atom is -0.464 e. The molecule has 1 nitrogen and oxygen atoms in total. The predicted molar refractivity (Wildman–Crippen MR) is 53.6 cm³/mol. The second-order valence-electron chi connectivity index (χ2n) is 3.30. The van der Waals surface area contributed by atoms with Crippen LogP contribution < -0.4 is 0 Å². The summed E-state index contributed by atoms with van der Waals surface area (Å²) in [5, 5.41) is 0. The van der Waals surface area contributed by atoms with Crippen molar-refractivity contribution in [3.05, 3.63) is 47.7 Å². The van der Waals surface area contributed by atoms with Gasteiger partial charge in [-0.05, 0) is 25.5 Å². The van der Waals surface area contributed by atoms with Crippen molar-refractivity contribution in [3.63, 3.8) is 0 Å². The van der Waals surface area contributed by atoms with E-state index in [0.717, 1.165) is 11.3 Å². The second kappa shape index (κ2) is 3.09. The van der Waals surface area contributed by atoms with Crippen LogP contribution in [0.3, 0.4) is 0 Å². The molecule has 0 atom stereocenters. The van der Waals surface area contributed by atoms with Gasteiger partial charge in [-0.3, -0.25) is 0 Å². The van der Waals surface area contributed by atoms with Crippen LogP contribution in [0.1, 0.15) is 11.1 Å². The third-order valence-electron chi connectivity index (χ3n) is 2.18. The Morgan fingerprint density at radius 3 is 2.15 bits per heavy atom. The highest BCUT2D eigenvalue weighted by Crippen LogP contribution is 2.23. The lowest BCUT2D eigenvalue weighted by molar-refractivity contribution is 0.581. The zero-order valence-electron chi connectivity index (χ0n) is 7.87. The van der Waals surface area contributed by atoms with Crippen molar-refractivity contribution in [3.8, 4) is 11.3 Å². The first kappa shape index (κ1) is 8.11. The molecule has 13 heavy (non-hydrogen) atoms. The summed E-state index contributed by atoms with van der Waals surface area (Å²) in [6, 6.07) is 10.3. The van der Waals surface area contributed by atoms with Crippen LogP contribution in [0.4, 0.5) is 0 Å². The normalized spacial score (nSPS) is 10.3. The fourth-order valence-corrected chi connectivity index (χ4v) is 1.37. The van der Waals surface area contributed by atoms with E-state index in [-0.39, 0.29) is 0 Å². The summed E-state index contributed by atoms with van der Waals surface area (Å²) in [6.07, 6.45) is 1.73. The smallest absolute Gasteiger partial charge is 0.136 e. The predicted octanol–water partition coefficient (Wildman–Crippen LogP) is 3.56. The van der Waals surface area contributed by atoms with E-state index in [1.807, 2.05) is 6.07 Å². The van der Waals surface area contributed by atoms with Crippen LogP contribution in [0.5, 0.6) is 0 Å². The van der Waals surface area contributed by atoms with Crippen LogP contribution >= 0.6 is 0 Å². The van der Waals surface area contributed by atoms with Crippen molar-refractivity contribution < 1.29 is 4.42 Å². The molecule has 1 aromatic carbocycles. The van der Waals surface area contributed by atoms with Crippen molar-refractivity contribution in [1.82, 2.24) is 0 Å². The van der Waals surface area contributed by atoms with Gasteiger partial charge in [0.1, 0.15) is 5.76 Å². The van der Waals surface area contributed by atoms with Gasteiger partial charge >= 0.3 is 0 Å². The lowest BCUT2D eigenvalue weighted by Crippen LogP contribution is -1.77. The van der Waals surface area contributed by atoms with E-state index in [9.17, 15) is 0 Å². The number of rotatable bonds is 1. The zero-order valence-corrected chi connectivity index (χ0v) is 7.87. The molecule has 0 amide bonds. The fourth-order valence-electron chi connectivity index (χ4n) is 1.37. The number of hydrogen-bond donors (Lipinski definition) is 0. The van der Waals surface area contributed by atoms with Gasteiger partial charge in [0.05, 0.1) is 6.26 Å². The molecule has 0 fully saturated rings. The molecule has 0 radical (unpaired) electrons. The maximum absolute atomic E-state index is 5.39. The molecule has 0 N–H and O–H groups in total. The van der Waals surface area contributed by atoms with E-state index in [4.69, 9.17) is 4.42 Å². The Labute approximate surface area is 78.0 Å². The highest BCUT2D eigenvalue weighted by atomic mass is 16.3. The van der Waals surface area contributed by atoms with E-state index < -0.39 is 0 Å². The van der Waals surface area contributed by atoms with Gasteiger partial charge in [-0.1, -0.05) is 29.8 Å². The Morgan fingerprint density at radius 2 is 1.62 bits per heavy atom.